The molecule has 6 rings (SSSR count). The molecule has 0 saturated carbocycles. The number of carbonyl (C=O) groups is 1. The number of hydrogen-bond donors (Lipinski definition) is 1. The van der Waals surface area contributed by atoms with Crippen LogP contribution < -0.4 is 5.32 Å². The van der Waals surface area contributed by atoms with E-state index in [1.54, 1.807) is 6.20 Å². The van der Waals surface area contributed by atoms with Gasteiger partial charge in [0.1, 0.15) is 17.7 Å². The molecule has 1 aliphatic rings. The summed E-state index contributed by atoms with van der Waals surface area (Å²) in [5, 5.41) is 9.61. The first kappa shape index (κ1) is 28.6. The monoisotopic (exact) mass is 593 g/mol. The van der Waals surface area contributed by atoms with E-state index in [0.29, 0.717) is 28.4 Å². The van der Waals surface area contributed by atoms with Crippen LogP contribution >= 0.6 is 0 Å². The van der Waals surface area contributed by atoms with Crippen molar-refractivity contribution >= 4 is 17.7 Å². The molecule has 0 saturated heterocycles. The number of halogens is 7. The molecular weight excluding hydrogens is 575 g/mol. The standard InChI is InChI=1S/C14H12F3N5.C11H6F4N4O/c1-14(9-6-19-21(7-9)13(16)17)3-2-8-5-18-11-4-10(15)20-22(11)12(8)14;12-8-3-16-4-18-10(8)9-7(11(13,14)15)1-6(2-17-9)19-5-20/h4-7,13H,2-3H2,1H3;1-5H,(H,19,20)/t14-;/m0./s1. The van der Waals surface area contributed by atoms with Gasteiger partial charge in [-0.1, -0.05) is 0 Å². The van der Waals surface area contributed by atoms with E-state index in [0.717, 1.165) is 36.4 Å². The lowest BCUT2D eigenvalue weighted by molar-refractivity contribution is -0.137. The topological polar surface area (TPSA) is 116 Å². The van der Waals surface area contributed by atoms with Crippen LogP contribution in [-0.2, 0) is 22.8 Å². The van der Waals surface area contributed by atoms with E-state index in [4.69, 9.17) is 0 Å². The Morgan fingerprint density at radius 1 is 1.05 bits per heavy atom. The van der Waals surface area contributed by atoms with E-state index in [1.165, 1.54) is 23.0 Å². The first-order valence-electron chi connectivity index (χ1n) is 12.0. The Kier molecular flexibility index (Phi) is 7.34. The van der Waals surface area contributed by atoms with E-state index >= 15 is 0 Å². The number of alkyl halides is 5. The molecule has 0 aliphatic heterocycles. The van der Waals surface area contributed by atoms with Crippen LogP contribution in [0.4, 0.5) is 36.4 Å². The molecule has 5 aromatic heterocycles. The number of anilines is 1. The number of pyridine rings is 1. The SMILES string of the molecule is C[C@@]1(c2cnn(C(F)F)c2)CCc2cnc3cc(F)nn3c21.O=CNc1cnc(-c2ncncc2F)c(C(F)(F)F)c1. The molecule has 0 radical (unpaired) electrons. The summed E-state index contributed by atoms with van der Waals surface area (Å²) >= 11 is 0. The zero-order valence-corrected chi connectivity index (χ0v) is 21.3. The molecule has 218 valence electrons. The molecule has 17 heteroatoms. The van der Waals surface area contributed by atoms with Crippen LogP contribution in [-0.4, -0.2) is 45.7 Å². The molecule has 1 aliphatic carbocycles. The molecule has 1 N–H and O–H groups in total. The number of rotatable bonds is 5. The smallest absolute Gasteiger partial charge is 0.327 e. The third kappa shape index (κ3) is 5.24. The van der Waals surface area contributed by atoms with Gasteiger partial charge in [0.15, 0.2) is 11.5 Å². The van der Waals surface area contributed by atoms with Crippen LogP contribution in [0.5, 0.6) is 0 Å². The van der Waals surface area contributed by atoms with Gasteiger partial charge in [0.2, 0.25) is 12.4 Å². The summed E-state index contributed by atoms with van der Waals surface area (Å²) in [5.41, 5.74) is -0.354. The quantitative estimate of drug-likeness (QED) is 0.226. The number of hydrogen-bond acceptors (Lipinski definition) is 7. The fraction of sp³-hybridized carbons (Fsp3) is 0.240. The van der Waals surface area contributed by atoms with Gasteiger partial charge >= 0.3 is 12.7 Å². The average molecular weight is 593 g/mol. The second kappa shape index (κ2) is 10.8. The fourth-order valence-electron chi connectivity index (χ4n) is 4.73. The van der Waals surface area contributed by atoms with Crippen molar-refractivity contribution < 1.29 is 35.5 Å². The predicted molar refractivity (Wildman–Crippen MR) is 131 cm³/mol. The van der Waals surface area contributed by atoms with Crippen molar-refractivity contribution in [2.75, 3.05) is 5.32 Å². The van der Waals surface area contributed by atoms with Gasteiger partial charge in [-0.25, -0.2) is 28.5 Å². The zero-order valence-electron chi connectivity index (χ0n) is 21.3. The van der Waals surface area contributed by atoms with Crippen LogP contribution in [0.2, 0.25) is 0 Å². The van der Waals surface area contributed by atoms with Crippen molar-refractivity contribution in [3.63, 3.8) is 0 Å². The lowest BCUT2D eigenvalue weighted by Crippen LogP contribution is -2.23. The van der Waals surface area contributed by atoms with Gasteiger partial charge < -0.3 is 5.32 Å². The number of amides is 1. The summed E-state index contributed by atoms with van der Waals surface area (Å²) in [6.07, 6.45) is 3.98. The first-order chi connectivity index (χ1) is 19.9. The minimum Gasteiger partial charge on any atom is -0.327 e. The average Bonchev–Trinajstić information content (AvgIpc) is 3.66. The maximum absolute atomic E-state index is 13.5. The number of fused-ring (bicyclic) bond motifs is 3. The van der Waals surface area contributed by atoms with Crippen molar-refractivity contribution in [3.8, 4) is 11.4 Å². The van der Waals surface area contributed by atoms with Crippen molar-refractivity contribution in [2.24, 2.45) is 0 Å². The number of nitrogens with zero attached hydrogens (tertiary/aromatic N) is 8. The summed E-state index contributed by atoms with van der Waals surface area (Å²) in [4.78, 5) is 24.8. The Labute approximate surface area is 231 Å². The summed E-state index contributed by atoms with van der Waals surface area (Å²) in [5.74, 6) is -1.64. The molecule has 0 spiro atoms. The molecule has 0 aromatic carbocycles. The highest BCUT2D eigenvalue weighted by molar-refractivity contribution is 5.73. The van der Waals surface area contributed by atoms with E-state index in [-0.39, 0.29) is 12.1 Å². The van der Waals surface area contributed by atoms with Gasteiger partial charge in [-0.3, -0.25) is 9.78 Å². The molecule has 1 atom stereocenters. The molecule has 0 bridgehead atoms. The first-order valence-corrected chi connectivity index (χ1v) is 12.0. The van der Waals surface area contributed by atoms with E-state index < -0.39 is 46.9 Å². The van der Waals surface area contributed by atoms with Crippen LogP contribution in [0.25, 0.3) is 17.0 Å². The number of aromatic nitrogens is 8. The Morgan fingerprint density at radius 3 is 2.50 bits per heavy atom. The molecule has 0 unspecified atom stereocenters. The summed E-state index contributed by atoms with van der Waals surface area (Å²) in [6.45, 7) is -0.747. The van der Waals surface area contributed by atoms with Gasteiger partial charge in [0.25, 0.3) is 0 Å². The van der Waals surface area contributed by atoms with Crippen molar-refractivity contribution in [1.29, 1.82) is 0 Å². The van der Waals surface area contributed by atoms with Crippen molar-refractivity contribution in [2.45, 2.75) is 37.9 Å². The highest BCUT2D eigenvalue weighted by Crippen LogP contribution is 2.43. The Hall–Kier alpha value is -4.96. The lowest BCUT2D eigenvalue weighted by Gasteiger charge is -2.24. The number of carbonyl (C=O) groups excluding carboxylic acids is 1. The molecule has 0 fully saturated rings. The normalized spacial score (nSPS) is 16.3. The molecule has 5 aromatic rings. The highest BCUT2D eigenvalue weighted by atomic mass is 19.4. The summed E-state index contributed by atoms with van der Waals surface area (Å²) < 4.78 is 93.5. The largest absolute Gasteiger partial charge is 0.418 e. The van der Waals surface area contributed by atoms with Crippen LogP contribution in [0.3, 0.4) is 0 Å². The zero-order chi connectivity index (χ0) is 30.2. The molecule has 5 heterocycles. The number of aryl methyl sites for hydroxylation is 1. The van der Waals surface area contributed by atoms with Gasteiger partial charge in [-0.15, -0.1) is 5.10 Å². The van der Waals surface area contributed by atoms with Gasteiger partial charge in [-0.2, -0.15) is 31.4 Å². The van der Waals surface area contributed by atoms with Crippen LogP contribution in [0.15, 0.2) is 49.4 Å². The predicted octanol–water partition coefficient (Wildman–Crippen LogP) is 4.98. The fourth-order valence-corrected chi connectivity index (χ4v) is 4.73. The third-order valence-electron chi connectivity index (χ3n) is 6.70. The van der Waals surface area contributed by atoms with Crippen LogP contribution in [0, 0.1) is 11.8 Å². The minimum atomic E-state index is -4.78. The Bertz CT molecular complexity index is 1770. The Balaban J connectivity index is 0.000000169. The van der Waals surface area contributed by atoms with Crippen molar-refractivity contribution in [3.05, 3.63) is 83.6 Å². The van der Waals surface area contributed by atoms with Gasteiger partial charge in [0, 0.05) is 29.4 Å². The summed E-state index contributed by atoms with van der Waals surface area (Å²) in [7, 11) is 0. The maximum Gasteiger partial charge on any atom is 0.418 e. The molecule has 1 amide bonds. The molecular formula is C25H18F7N9O. The van der Waals surface area contributed by atoms with E-state index in [1.807, 2.05) is 12.2 Å². The second-order valence-corrected chi connectivity index (χ2v) is 9.29. The Morgan fingerprint density at radius 2 is 1.83 bits per heavy atom. The summed E-state index contributed by atoms with van der Waals surface area (Å²) in [6, 6.07) is 1.90. The van der Waals surface area contributed by atoms with E-state index in [2.05, 4.69) is 30.1 Å². The maximum atomic E-state index is 13.5. The highest BCUT2D eigenvalue weighted by Gasteiger charge is 2.40. The second-order valence-electron chi connectivity index (χ2n) is 9.29. The lowest BCUT2D eigenvalue weighted by atomic mass is 9.82. The molecule has 42 heavy (non-hydrogen) atoms. The molecule has 10 nitrogen and oxygen atoms in total. The van der Waals surface area contributed by atoms with Gasteiger partial charge in [-0.05, 0) is 31.4 Å². The van der Waals surface area contributed by atoms with E-state index in [9.17, 15) is 35.5 Å². The van der Waals surface area contributed by atoms with Gasteiger partial charge in [0.05, 0.1) is 35.5 Å². The van der Waals surface area contributed by atoms with Crippen LogP contribution in [0.1, 0.15) is 42.3 Å². The minimum absolute atomic E-state index is 0.162. The van der Waals surface area contributed by atoms with Crippen molar-refractivity contribution in [1.82, 2.24) is 39.3 Å². The number of nitrogens with one attached hydrogen (secondary N) is 1. The third-order valence-corrected chi connectivity index (χ3v) is 6.70.